The van der Waals surface area contributed by atoms with Crippen LogP contribution in [0.4, 0.5) is 0 Å². The van der Waals surface area contributed by atoms with Gasteiger partial charge in [0, 0.05) is 17.7 Å². The zero-order valence-corrected chi connectivity index (χ0v) is 16.9. The van der Waals surface area contributed by atoms with Crippen LogP contribution in [0, 0.1) is 6.92 Å². The fraction of sp³-hybridized carbons (Fsp3) is 0.190. The maximum Gasteiger partial charge on any atom is 0.227 e. The standard InChI is InChI=1S/C21H19N3O2S2/c1-14-6-8-15(9-7-14)20(16-4-2-12-27-16)22-18(25)10-11-19-23-21(24-26-19)17-5-3-13-28-17/h2-9,12-13,20H,10-11H2,1H3,(H,22,25). The summed E-state index contributed by atoms with van der Waals surface area (Å²) in [5, 5.41) is 11.1. The number of nitrogens with one attached hydrogen (secondary N) is 1. The van der Waals surface area contributed by atoms with Gasteiger partial charge >= 0.3 is 0 Å². The summed E-state index contributed by atoms with van der Waals surface area (Å²) in [6.07, 6.45) is 0.703. The third-order valence-corrected chi connectivity index (χ3v) is 6.12. The van der Waals surface area contributed by atoms with Crippen LogP contribution in [0.15, 0.2) is 63.8 Å². The summed E-state index contributed by atoms with van der Waals surface area (Å²) in [6, 6.07) is 16.0. The molecule has 0 saturated heterocycles. The van der Waals surface area contributed by atoms with Gasteiger partial charge in [-0.25, -0.2) is 0 Å². The molecule has 4 aromatic rings. The molecule has 1 atom stereocenters. The fourth-order valence-corrected chi connectivity index (χ4v) is 4.30. The Hall–Kier alpha value is -2.77. The number of benzene rings is 1. The van der Waals surface area contributed by atoms with Crippen LogP contribution >= 0.6 is 22.7 Å². The van der Waals surface area contributed by atoms with Crippen molar-refractivity contribution in [3.63, 3.8) is 0 Å². The Bertz CT molecular complexity index is 1020. The number of nitrogens with zero attached hydrogens (tertiary/aromatic N) is 2. The molecule has 0 aliphatic carbocycles. The first kappa shape index (κ1) is 18.6. The van der Waals surface area contributed by atoms with Crippen LogP contribution in [-0.4, -0.2) is 16.0 Å². The second-order valence-corrected chi connectivity index (χ2v) is 8.34. The second-order valence-electron chi connectivity index (χ2n) is 6.42. The number of aryl methyl sites for hydroxylation is 2. The van der Waals surface area contributed by atoms with Crippen LogP contribution in [0.2, 0.25) is 0 Å². The highest BCUT2D eigenvalue weighted by Gasteiger charge is 2.19. The van der Waals surface area contributed by atoms with Gasteiger partial charge < -0.3 is 9.84 Å². The molecule has 7 heteroatoms. The van der Waals surface area contributed by atoms with Crippen LogP contribution in [0.3, 0.4) is 0 Å². The number of carbonyl (C=O) groups is 1. The molecule has 5 nitrogen and oxygen atoms in total. The lowest BCUT2D eigenvalue weighted by atomic mass is 10.0. The van der Waals surface area contributed by atoms with Crippen molar-refractivity contribution in [1.29, 1.82) is 0 Å². The lowest BCUT2D eigenvalue weighted by Crippen LogP contribution is -2.29. The summed E-state index contributed by atoms with van der Waals surface area (Å²) in [5.41, 5.74) is 2.26. The minimum absolute atomic E-state index is 0.0464. The van der Waals surface area contributed by atoms with Crippen molar-refractivity contribution in [3.05, 3.63) is 81.2 Å². The number of amides is 1. The van der Waals surface area contributed by atoms with E-state index in [2.05, 4.69) is 46.6 Å². The Balaban J connectivity index is 1.41. The van der Waals surface area contributed by atoms with E-state index in [-0.39, 0.29) is 11.9 Å². The molecule has 1 aromatic carbocycles. The van der Waals surface area contributed by atoms with Gasteiger partial charge in [0.15, 0.2) is 0 Å². The van der Waals surface area contributed by atoms with E-state index in [1.165, 1.54) is 5.56 Å². The molecule has 0 radical (unpaired) electrons. The number of thiophene rings is 2. The lowest BCUT2D eigenvalue weighted by Gasteiger charge is -2.18. The smallest absolute Gasteiger partial charge is 0.227 e. The summed E-state index contributed by atoms with van der Waals surface area (Å²) < 4.78 is 5.28. The maximum absolute atomic E-state index is 12.6. The minimum Gasteiger partial charge on any atom is -0.344 e. The SMILES string of the molecule is Cc1ccc(C(NC(=O)CCc2nc(-c3cccs3)no2)c2cccs2)cc1. The summed E-state index contributed by atoms with van der Waals surface area (Å²) in [7, 11) is 0. The molecule has 3 aromatic heterocycles. The Labute approximate surface area is 171 Å². The van der Waals surface area contributed by atoms with E-state index in [0.717, 1.165) is 15.3 Å². The van der Waals surface area contributed by atoms with Crippen molar-refractivity contribution >= 4 is 28.6 Å². The highest BCUT2D eigenvalue weighted by Crippen LogP contribution is 2.26. The fourth-order valence-electron chi connectivity index (χ4n) is 2.85. The van der Waals surface area contributed by atoms with Crippen LogP contribution < -0.4 is 5.32 Å². The quantitative estimate of drug-likeness (QED) is 0.466. The molecule has 1 unspecified atom stereocenters. The van der Waals surface area contributed by atoms with Crippen molar-refractivity contribution < 1.29 is 9.32 Å². The van der Waals surface area contributed by atoms with E-state index in [0.29, 0.717) is 24.6 Å². The van der Waals surface area contributed by atoms with Gasteiger partial charge in [0.2, 0.25) is 17.6 Å². The molecule has 0 spiro atoms. The van der Waals surface area contributed by atoms with Crippen molar-refractivity contribution in [3.8, 4) is 10.7 Å². The molecule has 0 aliphatic heterocycles. The normalized spacial score (nSPS) is 12.0. The highest BCUT2D eigenvalue weighted by atomic mass is 32.1. The van der Waals surface area contributed by atoms with E-state index < -0.39 is 0 Å². The summed E-state index contributed by atoms with van der Waals surface area (Å²) in [4.78, 5) is 19.0. The molecule has 1 N–H and O–H groups in total. The molecule has 0 fully saturated rings. The topological polar surface area (TPSA) is 68.0 Å². The molecular formula is C21H19N3O2S2. The van der Waals surface area contributed by atoms with E-state index in [4.69, 9.17) is 4.52 Å². The molecule has 142 valence electrons. The van der Waals surface area contributed by atoms with Crippen LogP contribution in [0.5, 0.6) is 0 Å². The Morgan fingerprint density at radius 3 is 2.61 bits per heavy atom. The summed E-state index contributed by atoms with van der Waals surface area (Å²) >= 11 is 3.19. The minimum atomic E-state index is -0.155. The largest absolute Gasteiger partial charge is 0.344 e. The van der Waals surface area contributed by atoms with Gasteiger partial charge in [-0.1, -0.05) is 47.1 Å². The van der Waals surface area contributed by atoms with Crippen molar-refractivity contribution in [2.24, 2.45) is 0 Å². The number of hydrogen-bond acceptors (Lipinski definition) is 6. The highest BCUT2D eigenvalue weighted by molar-refractivity contribution is 7.13. The van der Waals surface area contributed by atoms with Crippen molar-refractivity contribution in [2.45, 2.75) is 25.8 Å². The third kappa shape index (κ3) is 4.37. The molecular weight excluding hydrogens is 390 g/mol. The summed E-state index contributed by atoms with van der Waals surface area (Å²) in [6.45, 7) is 2.05. The first-order valence-corrected chi connectivity index (χ1v) is 10.7. The molecule has 1 amide bonds. The average molecular weight is 410 g/mol. The Morgan fingerprint density at radius 1 is 1.11 bits per heavy atom. The number of hydrogen-bond donors (Lipinski definition) is 1. The van der Waals surface area contributed by atoms with Gasteiger partial charge in [-0.2, -0.15) is 4.98 Å². The average Bonchev–Trinajstić information content (AvgIpc) is 3.47. The number of aromatic nitrogens is 2. The van der Waals surface area contributed by atoms with Gasteiger partial charge in [-0.15, -0.1) is 22.7 Å². The van der Waals surface area contributed by atoms with E-state index in [1.54, 1.807) is 22.7 Å². The maximum atomic E-state index is 12.6. The van der Waals surface area contributed by atoms with E-state index in [1.807, 2.05) is 35.0 Å². The van der Waals surface area contributed by atoms with Gasteiger partial charge in [-0.05, 0) is 35.4 Å². The molecule has 0 saturated carbocycles. The van der Waals surface area contributed by atoms with E-state index >= 15 is 0 Å². The van der Waals surface area contributed by atoms with Gasteiger partial charge in [0.1, 0.15) is 0 Å². The Kier molecular flexibility index (Phi) is 5.64. The molecule has 28 heavy (non-hydrogen) atoms. The second kappa shape index (κ2) is 8.50. The first-order valence-electron chi connectivity index (χ1n) is 8.95. The third-order valence-electron chi connectivity index (χ3n) is 4.32. The van der Waals surface area contributed by atoms with Gasteiger partial charge in [-0.3, -0.25) is 4.79 Å². The molecule has 0 aliphatic rings. The van der Waals surface area contributed by atoms with Crippen LogP contribution in [-0.2, 0) is 11.2 Å². The van der Waals surface area contributed by atoms with Crippen LogP contribution in [0.1, 0.15) is 34.4 Å². The zero-order valence-electron chi connectivity index (χ0n) is 15.3. The van der Waals surface area contributed by atoms with Crippen molar-refractivity contribution in [2.75, 3.05) is 0 Å². The monoisotopic (exact) mass is 409 g/mol. The van der Waals surface area contributed by atoms with Gasteiger partial charge in [0.05, 0.1) is 10.9 Å². The van der Waals surface area contributed by atoms with Crippen molar-refractivity contribution in [1.82, 2.24) is 15.5 Å². The molecule has 3 heterocycles. The zero-order chi connectivity index (χ0) is 19.3. The number of rotatable bonds is 7. The van der Waals surface area contributed by atoms with E-state index in [9.17, 15) is 4.79 Å². The molecule has 4 rings (SSSR count). The summed E-state index contributed by atoms with van der Waals surface area (Å²) in [5.74, 6) is 0.998. The van der Waals surface area contributed by atoms with Gasteiger partial charge in [0.25, 0.3) is 0 Å². The first-order chi connectivity index (χ1) is 13.7. The lowest BCUT2D eigenvalue weighted by molar-refractivity contribution is -0.121. The molecule has 0 bridgehead atoms. The number of carbonyl (C=O) groups excluding carboxylic acids is 1. The predicted molar refractivity (Wildman–Crippen MR) is 111 cm³/mol. The van der Waals surface area contributed by atoms with Crippen LogP contribution in [0.25, 0.3) is 10.7 Å². The predicted octanol–water partition coefficient (Wildman–Crippen LogP) is 5.01. The Morgan fingerprint density at radius 2 is 1.89 bits per heavy atom.